The number of benzene rings is 1. The van der Waals surface area contributed by atoms with Gasteiger partial charge in [0.25, 0.3) is 11.2 Å². The standard InChI is InChI=1S/C11H7BrIN3O3/c12-8-2-1-7(3-10(8)16(18)19)5-15-6-14-4-9(13)11(15)17/h1-4,6H,5H2. The topological polar surface area (TPSA) is 78.0 Å². The second-order valence-electron chi connectivity index (χ2n) is 3.72. The molecule has 0 saturated carbocycles. The molecule has 0 atom stereocenters. The van der Waals surface area contributed by atoms with E-state index in [1.165, 1.54) is 23.2 Å². The van der Waals surface area contributed by atoms with E-state index in [-0.39, 0.29) is 17.8 Å². The highest BCUT2D eigenvalue weighted by Gasteiger charge is 2.12. The number of nitrogens with zero attached hydrogens (tertiary/aromatic N) is 3. The van der Waals surface area contributed by atoms with Crippen LogP contribution in [0.5, 0.6) is 0 Å². The van der Waals surface area contributed by atoms with Gasteiger partial charge >= 0.3 is 0 Å². The van der Waals surface area contributed by atoms with Crippen LogP contribution in [0.2, 0.25) is 0 Å². The highest BCUT2D eigenvalue weighted by atomic mass is 127. The first-order chi connectivity index (χ1) is 8.99. The van der Waals surface area contributed by atoms with Crippen molar-refractivity contribution < 1.29 is 4.92 Å². The van der Waals surface area contributed by atoms with Gasteiger partial charge in [0, 0.05) is 12.3 Å². The van der Waals surface area contributed by atoms with Gasteiger partial charge in [-0.1, -0.05) is 6.07 Å². The second kappa shape index (κ2) is 5.78. The van der Waals surface area contributed by atoms with E-state index in [2.05, 4.69) is 20.9 Å². The van der Waals surface area contributed by atoms with Crippen molar-refractivity contribution in [2.75, 3.05) is 0 Å². The summed E-state index contributed by atoms with van der Waals surface area (Å²) in [5.41, 5.74) is 0.478. The summed E-state index contributed by atoms with van der Waals surface area (Å²) in [7, 11) is 0. The Morgan fingerprint density at radius 2 is 2.21 bits per heavy atom. The van der Waals surface area contributed by atoms with Gasteiger partial charge in [0.15, 0.2) is 0 Å². The molecule has 6 nitrogen and oxygen atoms in total. The van der Waals surface area contributed by atoms with Crippen LogP contribution in [-0.4, -0.2) is 14.5 Å². The van der Waals surface area contributed by atoms with Crippen molar-refractivity contribution in [1.29, 1.82) is 0 Å². The lowest BCUT2D eigenvalue weighted by molar-refractivity contribution is -0.385. The van der Waals surface area contributed by atoms with Gasteiger partial charge in [-0.3, -0.25) is 19.5 Å². The maximum atomic E-state index is 11.8. The Hall–Kier alpha value is -1.29. The zero-order chi connectivity index (χ0) is 14.0. The molecule has 0 aliphatic carbocycles. The van der Waals surface area contributed by atoms with E-state index in [0.29, 0.717) is 13.6 Å². The Morgan fingerprint density at radius 3 is 2.89 bits per heavy atom. The molecule has 1 aromatic heterocycles. The summed E-state index contributed by atoms with van der Waals surface area (Å²) >= 11 is 5.02. The fourth-order valence-corrected chi connectivity index (χ4v) is 2.39. The minimum atomic E-state index is -0.469. The molecule has 0 aliphatic heterocycles. The fourth-order valence-electron chi connectivity index (χ4n) is 1.53. The van der Waals surface area contributed by atoms with Crippen molar-refractivity contribution >= 4 is 44.2 Å². The van der Waals surface area contributed by atoms with Crippen LogP contribution in [0.4, 0.5) is 5.69 Å². The van der Waals surface area contributed by atoms with Crippen molar-refractivity contribution in [3.05, 3.63) is 64.8 Å². The van der Waals surface area contributed by atoms with Crippen molar-refractivity contribution in [1.82, 2.24) is 9.55 Å². The molecule has 8 heteroatoms. The van der Waals surface area contributed by atoms with Gasteiger partial charge in [-0.05, 0) is 50.2 Å². The van der Waals surface area contributed by atoms with E-state index >= 15 is 0 Å². The quantitative estimate of drug-likeness (QED) is 0.421. The summed E-state index contributed by atoms with van der Waals surface area (Å²) in [6, 6.07) is 4.76. The number of hydrogen-bond donors (Lipinski definition) is 0. The number of hydrogen-bond acceptors (Lipinski definition) is 4. The Kier molecular flexibility index (Phi) is 4.30. The van der Waals surface area contributed by atoms with E-state index in [1.54, 1.807) is 12.1 Å². The Labute approximate surface area is 129 Å². The molecule has 2 rings (SSSR count). The molecule has 0 radical (unpaired) electrons. The predicted octanol–water partition coefficient (Wildman–Crippen LogP) is 2.57. The average molecular weight is 436 g/mol. The molecule has 0 fully saturated rings. The molecule has 0 unspecified atom stereocenters. The fraction of sp³-hybridized carbons (Fsp3) is 0.0909. The van der Waals surface area contributed by atoms with Crippen molar-refractivity contribution in [2.24, 2.45) is 0 Å². The third kappa shape index (κ3) is 3.18. The summed E-state index contributed by atoms with van der Waals surface area (Å²) in [6.45, 7) is 0.247. The molecular weight excluding hydrogens is 429 g/mol. The van der Waals surface area contributed by atoms with Gasteiger partial charge < -0.3 is 0 Å². The maximum absolute atomic E-state index is 11.8. The molecule has 1 aromatic carbocycles. The first kappa shape index (κ1) is 14.1. The zero-order valence-electron chi connectivity index (χ0n) is 9.42. The van der Waals surface area contributed by atoms with Gasteiger partial charge in [-0.2, -0.15) is 0 Å². The van der Waals surface area contributed by atoms with Crippen LogP contribution >= 0.6 is 38.5 Å². The number of rotatable bonds is 3. The van der Waals surface area contributed by atoms with Crippen LogP contribution in [0.3, 0.4) is 0 Å². The minimum absolute atomic E-state index is 0.0239. The Balaban J connectivity index is 2.39. The summed E-state index contributed by atoms with van der Waals surface area (Å²) < 4.78 is 2.33. The van der Waals surface area contributed by atoms with E-state index in [0.717, 1.165) is 0 Å². The summed E-state index contributed by atoms with van der Waals surface area (Å²) in [5, 5.41) is 10.8. The molecule has 98 valence electrons. The van der Waals surface area contributed by atoms with Crippen molar-refractivity contribution in [3.63, 3.8) is 0 Å². The van der Waals surface area contributed by atoms with Gasteiger partial charge in [-0.25, -0.2) is 4.98 Å². The van der Waals surface area contributed by atoms with Crippen LogP contribution in [0, 0.1) is 13.7 Å². The molecular formula is C11H7BrIN3O3. The van der Waals surface area contributed by atoms with E-state index in [4.69, 9.17) is 0 Å². The molecule has 1 heterocycles. The molecule has 0 aliphatic rings. The SMILES string of the molecule is O=c1c(I)cncn1Cc1ccc(Br)c([N+](=O)[O-])c1. The first-order valence-corrected chi connectivity index (χ1v) is 6.99. The minimum Gasteiger partial charge on any atom is -0.294 e. The lowest BCUT2D eigenvalue weighted by Crippen LogP contribution is -2.22. The average Bonchev–Trinajstić information content (AvgIpc) is 2.37. The van der Waals surface area contributed by atoms with E-state index in [1.807, 2.05) is 22.6 Å². The molecule has 2 aromatic rings. The molecule has 0 saturated heterocycles. The third-order valence-electron chi connectivity index (χ3n) is 2.42. The highest BCUT2D eigenvalue weighted by Crippen LogP contribution is 2.25. The lowest BCUT2D eigenvalue weighted by atomic mass is 10.2. The van der Waals surface area contributed by atoms with Crippen LogP contribution < -0.4 is 5.56 Å². The van der Waals surface area contributed by atoms with Crippen molar-refractivity contribution in [2.45, 2.75) is 6.54 Å². The molecule has 0 N–H and O–H groups in total. The molecule has 0 bridgehead atoms. The first-order valence-electron chi connectivity index (χ1n) is 5.12. The van der Waals surface area contributed by atoms with Gasteiger partial charge in [0.05, 0.1) is 25.8 Å². The Morgan fingerprint density at radius 1 is 1.47 bits per heavy atom. The highest BCUT2D eigenvalue weighted by molar-refractivity contribution is 14.1. The number of halogens is 2. The summed E-state index contributed by atoms with van der Waals surface area (Å²) in [6.07, 6.45) is 2.89. The summed E-state index contributed by atoms with van der Waals surface area (Å²) in [5.74, 6) is 0. The number of nitro groups is 1. The normalized spacial score (nSPS) is 10.4. The lowest BCUT2D eigenvalue weighted by Gasteiger charge is -2.06. The van der Waals surface area contributed by atoms with Gasteiger partial charge in [0.2, 0.25) is 0 Å². The largest absolute Gasteiger partial charge is 0.294 e. The van der Waals surface area contributed by atoms with Crippen LogP contribution in [0.25, 0.3) is 0 Å². The molecule has 0 spiro atoms. The van der Waals surface area contributed by atoms with E-state index in [9.17, 15) is 14.9 Å². The summed E-state index contributed by atoms with van der Waals surface area (Å²) in [4.78, 5) is 26.1. The predicted molar refractivity (Wildman–Crippen MR) is 81.1 cm³/mol. The monoisotopic (exact) mass is 435 g/mol. The smallest absolute Gasteiger partial charge is 0.283 e. The number of aromatic nitrogens is 2. The second-order valence-corrected chi connectivity index (χ2v) is 5.73. The Bertz CT molecular complexity index is 702. The van der Waals surface area contributed by atoms with E-state index < -0.39 is 4.92 Å². The van der Waals surface area contributed by atoms with Crippen LogP contribution in [0.1, 0.15) is 5.56 Å². The number of nitro benzene ring substituents is 1. The molecule has 0 amide bonds. The van der Waals surface area contributed by atoms with Gasteiger partial charge in [0.1, 0.15) is 0 Å². The molecule has 19 heavy (non-hydrogen) atoms. The third-order valence-corrected chi connectivity index (χ3v) is 3.83. The zero-order valence-corrected chi connectivity index (χ0v) is 13.2. The van der Waals surface area contributed by atoms with Crippen LogP contribution in [0.15, 0.2) is 40.0 Å². The maximum Gasteiger partial charge on any atom is 0.283 e. The van der Waals surface area contributed by atoms with Crippen LogP contribution in [-0.2, 0) is 6.54 Å². The van der Waals surface area contributed by atoms with Crippen molar-refractivity contribution in [3.8, 4) is 0 Å². The van der Waals surface area contributed by atoms with Gasteiger partial charge in [-0.15, -0.1) is 0 Å².